The third-order valence-electron chi connectivity index (χ3n) is 3.40. The summed E-state index contributed by atoms with van der Waals surface area (Å²) in [5.74, 6) is 2.22. The van der Waals surface area contributed by atoms with E-state index in [0.29, 0.717) is 5.88 Å². The van der Waals surface area contributed by atoms with Gasteiger partial charge in [0.2, 0.25) is 0 Å². The fourth-order valence-electron chi connectivity index (χ4n) is 2.48. The van der Waals surface area contributed by atoms with Crippen LogP contribution in [0.4, 0.5) is 0 Å². The molecule has 1 aliphatic rings. The summed E-state index contributed by atoms with van der Waals surface area (Å²) in [6.07, 6.45) is 5.34. The maximum atomic E-state index is 5.99. The number of halogens is 2. The van der Waals surface area contributed by atoms with Crippen molar-refractivity contribution in [3.63, 3.8) is 0 Å². The zero-order valence-corrected chi connectivity index (χ0v) is 12.5. The van der Waals surface area contributed by atoms with Gasteiger partial charge in [-0.15, -0.1) is 11.6 Å². The molecule has 0 atom stereocenters. The lowest BCUT2D eigenvalue weighted by Crippen LogP contribution is -2.10. The zero-order valence-electron chi connectivity index (χ0n) is 10.1. The fourth-order valence-corrected chi connectivity index (χ4v) is 3.30. The highest BCUT2D eigenvalue weighted by molar-refractivity contribution is 9.10. The number of ether oxygens (including phenoxy) is 1. The molecule has 1 aromatic carbocycles. The molecule has 0 spiro atoms. The molecule has 1 aliphatic carbocycles. The molecule has 0 unspecified atom stereocenters. The topological polar surface area (TPSA) is 9.23 Å². The summed E-state index contributed by atoms with van der Waals surface area (Å²) in [6.45, 7) is 2.91. The highest BCUT2D eigenvalue weighted by Gasteiger charge is 2.17. The largest absolute Gasteiger partial charge is 0.493 e. The number of alkyl halides is 1. The molecule has 17 heavy (non-hydrogen) atoms. The maximum absolute atomic E-state index is 5.99. The molecule has 0 heterocycles. The van der Waals surface area contributed by atoms with Crippen LogP contribution in [0.25, 0.3) is 0 Å². The van der Waals surface area contributed by atoms with Crippen LogP contribution in [0.5, 0.6) is 5.75 Å². The standard InChI is InChI=1S/C14H18BrClO/c1-10-6-13(15)7-12(8-16)14(10)17-9-11-4-2-3-5-11/h6-7,11H,2-5,8-9H2,1H3. The van der Waals surface area contributed by atoms with Gasteiger partial charge in [-0.05, 0) is 43.4 Å². The molecular formula is C14H18BrClO. The highest BCUT2D eigenvalue weighted by atomic mass is 79.9. The molecule has 94 valence electrons. The minimum Gasteiger partial charge on any atom is -0.493 e. The van der Waals surface area contributed by atoms with Gasteiger partial charge < -0.3 is 4.74 Å². The van der Waals surface area contributed by atoms with Crippen LogP contribution in [0.3, 0.4) is 0 Å². The average molecular weight is 318 g/mol. The second-order valence-electron chi connectivity index (χ2n) is 4.81. The smallest absolute Gasteiger partial charge is 0.126 e. The van der Waals surface area contributed by atoms with E-state index < -0.39 is 0 Å². The minimum atomic E-state index is 0.500. The number of hydrogen-bond donors (Lipinski definition) is 0. The van der Waals surface area contributed by atoms with Gasteiger partial charge in [-0.3, -0.25) is 0 Å². The Morgan fingerprint density at radius 1 is 1.35 bits per heavy atom. The van der Waals surface area contributed by atoms with Crippen molar-refractivity contribution in [1.29, 1.82) is 0 Å². The maximum Gasteiger partial charge on any atom is 0.126 e. The Kier molecular flexibility index (Phi) is 4.75. The first-order valence-electron chi connectivity index (χ1n) is 6.18. The van der Waals surface area contributed by atoms with Crippen molar-refractivity contribution in [3.05, 3.63) is 27.7 Å². The van der Waals surface area contributed by atoms with Crippen LogP contribution in [0.15, 0.2) is 16.6 Å². The molecule has 2 rings (SSSR count). The van der Waals surface area contributed by atoms with Gasteiger partial charge >= 0.3 is 0 Å². The molecule has 0 saturated heterocycles. The van der Waals surface area contributed by atoms with Crippen LogP contribution in [0, 0.1) is 12.8 Å². The Hall–Kier alpha value is -0.210. The predicted octanol–water partition coefficient (Wildman–Crippen LogP) is 5.07. The number of benzene rings is 1. The molecule has 1 nitrogen and oxygen atoms in total. The van der Waals surface area contributed by atoms with Crippen LogP contribution in [-0.4, -0.2) is 6.61 Å². The lowest BCUT2D eigenvalue weighted by atomic mass is 10.1. The van der Waals surface area contributed by atoms with Crippen molar-refractivity contribution < 1.29 is 4.74 Å². The predicted molar refractivity (Wildman–Crippen MR) is 75.9 cm³/mol. The number of hydrogen-bond acceptors (Lipinski definition) is 1. The molecule has 0 aromatic heterocycles. The van der Waals surface area contributed by atoms with Gasteiger partial charge in [0.25, 0.3) is 0 Å². The molecule has 0 bridgehead atoms. The number of aryl methyl sites for hydroxylation is 1. The lowest BCUT2D eigenvalue weighted by Gasteiger charge is -2.16. The molecule has 0 aliphatic heterocycles. The first-order valence-corrected chi connectivity index (χ1v) is 7.51. The highest BCUT2D eigenvalue weighted by Crippen LogP contribution is 2.31. The molecule has 0 amide bonds. The summed E-state index contributed by atoms with van der Waals surface area (Å²) in [6, 6.07) is 4.13. The van der Waals surface area contributed by atoms with E-state index in [0.717, 1.165) is 33.9 Å². The van der Waals surface area contributed by atoms with Crippen LogP contribution in [-0.2, 0) is 5.88 Å². The van der Waals surface area contributed by atoms with Crippen molar-refractivity contribution in [2.75, 3.05) is 6.61 Å². The summed E-state index contributed by atoms with van der Waals surface area (Å²) in [4.78, 5) is 0. The molecule has 1 saturated carbocycles. The zero-order chi connectivity index (χ0) is 12.3. The Morgan fingerprint density at radius 3 is 2.71 bits per heavy atom. The summed E-state index contributed by atoms with van der Waals surface area (Å²) in [5.41, 5.74) is 2.24. The van der Waals surface area contributed by atoms with Gasteiger partial charge in [0.05, 0.1) is 12.5 Å². The van der Waals surface area contributed by atoms with Gasteiger partial charge in [-0.2, -0.15) is 0 Å². The van der Waals surface area contributed by atoms with E-state index in [2.05, 4.69) is 28.9 Å². The van der Waals surface area contributed by atoms with E-state index in [1.54, 1.807) is 0 Å². The Bertz CT molecular complexity index is 386. The van der Waals surface area contributed by atoms with E-state index in [-0.39, 0.29) is 0 Å². The SMILES string of the molecule is Cc1cc(Br)cc(CCl)c1OCC1CCCC1. The first-order chi connectivity index (χ1) is 8.20. The van der Waals surface area contributed by atoms with E-state index >= 15 is 0 Å². The summed E-state index contributed by atoms with van der Waals surface area (Å²) in [7, 11) is 0. The van der Waals surface area contributed by atoms with Crippen molar-refractivity contribution in [3.8, 4) is 5.75 Å². The Morgan fingerprint density at radius 2 is 2.06 bits per heavy atom. The summed E-state index contributed by atoms with van der Waals surface area (Å²) in [5, 5.41) is 0. The molecule has 1 fully saturated rings. The second-order valence-corrected chi connectivity index (χ2v) is 5.99. The van der Waals surface area contributed by atoms with Crippen LogP contribution in [0.1, 0.15) is 36.8 Å². The van der Waals surface area contributed by atoms with Crippen LogP contribution in [0.2, 0.25) is 0 Å². The van der Waals surface area contributed by atoms with Crippen LogP contribution < -0.4 is 4.74 Å². The van der Waals surface area contributed by atoms with Gasteiger partial charge in [-0.25, -0.2) is 0 Å². The fraction of sp³-hybridized carbons (Fsp3) is 0.571. The third-order valence-corrected chi connectivity index (χ3v) is 4.14. The average Bonchev–Trinajstić information content (AvgIpc) is 2.79. The Labute approximate surface area is 117 Å². The van der Waals surface area contributed by atoms with Crippen molar-refractivity contribution >= 4 is 27.5 Å². The van der Waals surface area contributed by atoms with Crippen molar-refractivity contribution in [1.82, 2.24) is 0 Å². The summed E-state index contributed by atoms with van der Waals surface area (Å²) < 4.78 is 7.06. The van der Waals surface area contributed by atoms with Crippen molar-refractivity contribution in [2.45, 2.75) is 38.5 Å². The lowest BCUT2D eigenvalue weighted by molar-refractivity contribution is 0.249. The number of rotatable bonds is 4. The van der Waals surface area contributed by atoms with Gasteiger partial charge in [-0.1, -0.05) is 28.8 Å². The Balaban J connectivity index is 2.08. The summed E-state index contributed by atoms with van der Waals surface area (Å²) >= 11 is 9.46. The molecule has 1 aromatic rings. The minimum absolute atomic E-state index is 0.500. The molecular weight excluding hydrogens is 300 g/mol. The van der Waals surface area contributed by atoms with Gasteiger partial charge in [0, 0.05) is 10.0 Å². The normalized spacial score (nSPS) is 16.4. The van der Waals surface area contributed by atoms with E-state index in [1.165, 1.54) is 25.7 Å². The van der Waals surface area contributed by atoms with Gasteiger partial charge in [0.15, 0.2) is 0 Å². The molecule has 0 radical (unpaired) electrons. The van der Waals surface area contributed by atoms with Crippen molar-refractivity contribution in [2.24, 2.45) is 5.92 Å². The van der Waals surface area contributed by atoms with Crippen LogP contribution >= 0.6 is 27.5 Å². The van der Waals surface area contributed by atoms with E-state index in [4.69, 9.17) is 16.3 Å². The monoisotopic (exact) mass is 316 g/mol. The first kappa shape index (κ1) is 13.2. The van der Waals surface area contributed by atoms with E-state index in [1.807, 2.05) is 6.07 Å². The second kappa shape index (κ2) is 6.10. The van der Waals surface area contributed by atoms with Gasteiger partial charge in [0.1, 0.15) is 5.75 Å². The van der Waals surface area contributed by atoms with E-state index in [9.17, 15) is 0 Å². The third kappa shape index (κ3) is 3.38. The molecule has 3 heteroatoms. The quantitative estimate of drug-likeness (QED) is 0.705. The molecule has 0 N–H and O–H groups in total.